The number of rotatable bonds is 4. The molecular formula is C24H24F4N4OS2. The van der Waals surface area contributed by atoms with Crippen molar-refractivity contribution in [2.75, 3.05) is 0 Å². The first-order valence-electron chi connectivity index (χ1n) is 10.9. The smallest absolute Gasteiger partial charge is 0.272 e. The summed E-state index contributed by atoms with van der Waals surface area (Å²) < 4.78 is 73.0. The van der Waals surface area contributed by atoms with E-state index in [0.717, 1.165) is 15.6 Å². The lowest BCUT2D eigenvalue weighted by atomic mass is 9.90. The Morgan fingerprint density at radius 3 is 2.54 bits per heavy atom. The monoisotopic (exact) mass is 524 g/mol. The fourth-order valence-corrected chi connectivity index (χ4v) is 6.97. The van der Waals surface area contributed by atoms with Crippen LogP contribution in [-0.4, -0.2) is 23.0 Å². The van der Waals surface area contributed by atoms with Crippen LogP contribution in [0.5, 0.6) is 0 Å². The molecule has 0 saturated heterocycles. The number of aryl methyl sites for hydroxylation is 1. The molecule has 0 radical (unpaired) electrons. The largest absolute Gasteiger partial charge is 0.435 e. The van der Waals surface area contributed by atoms with E-state index in [4.69, 9.17) is 0 Å². The molecule has 0 saturated carbocycles. The van der Waals surface area contributed by atoms with Crippen LogP contribution in [0.25, 0.3) is 11.1 Å². The maximum Gasteiger partial charge on any atom is 0.435 e. The first-order valence-corrected chi connectivity index (χ1v) is 12.9. The zero-order chi connectivity index (χ0) is 25.9. The van der Waals surface area contributed by atoms with Gasteiger partial charge < -0.3 is 0 Å². The van der Waals surface area contributed by atoms with Crippen molar-refractivity contribution in [2.45, 2.75) is 64.7 Å². The van der Waals surface area contributed by atoms with E-state index in [1.54, 1.807) is 45.0 Å². The van der Waals surface area contributed by atoms with Crippen LogP contribution in [-0.2, 0) is 30.3 Å². The van der Waals surface area contributed by atoms with Gasteiger partial charge in [0.1, 0.15) is 27.7 Å². The van der Waals surface area contributed by atoms with Crippen molar-refractivity contribution in [3.05, 3.63) is 62.4 Å². The average molecular weight is 525 g/mol. The highest BCUT2D eigenvalue weighted by atomic mass is 32.2. The van der Waals surface area contributed by atoms with E-state index in [1.807, 2.05) is 0 Å². The molecule has 0 fully saturated rings. The van der Waals surface area contributed by atoms with Crippen molar-refractivity contribution in [1.82, 2.24) is 14.1 Å². The summed E-state index contributed by atoms with van der Waals surface area (Å²) in [5.41, 5.74) is -0.137. The quantitative estimate of drug-likeness (QED) is 0.375. The van der Waals surface area contributed by atoms with Gasteiger partial charge >= 0.3 is 6.18 Å². The molecule has 186 valence electrons. The number of benzene rings is 1. The minimum atomic E-state index is -4.80. The Hall–Kier alpha value is -2.55. The van der Waals surface area contributed by atoms with Crippen LogP contribution in [0.2, 0.25) is 0 Å². The Bertz CT molecular complexity index is 1360. The molecule has 2 atom stereocenters. The highest BCUT2D eigenvalue weighted by Gasteiger charge is 2.44. The maximum atomic E-state index is 15.4. The van der Waals surface area contributed by atoms with E-state index in [1.165, 1.54) is 23.6 Å². The first-order chi connectivity index (χ1) is 16.3. The molecule has 0 spiro atoms. The summed E-state index contributed by atoms with van der Waals surface area (Å²) >= 11 is 1.27. The first kappa shape index (κ1) is 25.5. The number of nitrogens with zero attached hydrogens (tertiary/aromatic N) is 4. The van der Waals surface area contributed by atoms with Crippen LogP contribution in [0.1, 0.15) is 65.9 Å². The fraction of sp³-hybridized carbons (Fsp3) is 0.417. The molecule has 1 aliphatic heterocycles. The molecule has 5 nitrogen and oxygen atoms in total. The molecule has 2 aromatic heterocycles. The van der Waals surface area contributed by atoms with E-state index in [-0.39, 0.29) is 29.8 Å². The second-order valence-corrected chi connectivity index (χ2v) is 12.6. The van der Waals surface area contributed by atoms with Gasteiger partial charge in [-0.25, -0.2) is 12.9 Å². The Morgan fingerprint density at radius 1 is 1.29 bits per heavy atom. The second-order valence-electron chi connectivity index (χ2n) is 9.29. The number of aromatic nitrogens is 2. The predicted octanol–water partition coefficient (Wildman–Crippen LogP) is 6.34. The SMILES string of the molecule is CCn1cc(-c2c(F)cccc2[C@H]2c3c(sc(C#N)c3C)CN2[S@](=O)C(C)(C)C)c(C(F)(F)F)n1. The molecule has 4 rings (SSSR count). The molecule has 0 aliphatic carbocycles. The van der Waals surface area contributed by atoms with Gasteiger partial charge in [-0.1, -0.05) is 12.1 Å². The van der Waals surface area contributed by atoms with Gasteiger partial charge in [-0.3, -0.25) is 4.68 Å². The number of hydrogen-bond acceptors (Lipinski definition) is 4. The lowest BCUT2D eigenvalue weighted by Crippen LogP contribution is -2.37. The number of nitriles is 1. The summed E-state index contributed by atoms with van der Waals surface area (Å²) in [5.74, 6) is -0.827. The van der Waals surface area contributed by atoms with E-state index < -0.39 is 39.5 Å². The van der Waals surface area contributed by atoms with Crippen molar-refractivity contribution in [3.8, 4) is 17.2 Å². The molecular weight excluding hydrogens is 500 g/mol. The van der Waals surface area contributed by atoms with Gasteiger partial charge in [-0.05, 0) is 57.4 Å². The molecule has 1 aliphatic rings. The molecule has 0 bridgehead atoms. The summed E-state index contributed by atoms with van der Waals surface area (Å²) in [4.78, 5) is 1.28. The van der Waals surface area contributed by atoms with E-state index >= 15 is 4.39 Å². The van der Waals surface area contributed by atoms with Gasteiger partial charge in [-0.15, -0.1) is 11.3 Å². The maximum absolute atomic E-state index is 15.4. The van der Waals surface area contributed by atoms with Crippen LogP contribution in [0, 0.1) is 24.1 Å². The van der Waals surface area contributed by atoms with Crippen LogP contribution >= 0.6 is 11.3 Å². The molecule has 3 aromatic rings. The summed E-state index contributed by atoms with van der Waals surface area (Å²) in [5, 5.41) is 13.2. The minimum absolute atomic E-state index is 0.176. The number of hydrogen-bond donors (Lipinski definition) is 0. The number of alkyl halides is 3. The highest BCUT2D eigenvalue weighted by molar-refractivity contribution is 7.84. The van der Waals surface area contributed by atoms with Crippen molar-refractivity contribution < 1.29 is 21.8 Å². The van der Waals surface area contributed by atoms with E-state index in [0.29, 0.717) is 16.0 Å². The summed E-state index contributed by atoms with van der Waals surface area (Å²) in [6.45, 7) is 9.25. The number of fused-ring (bicyclic) bond motifs is 1. The normalized spacial score (nSPS) is 17.4. The third-order valence-electron chi connectivity index (χ3n) is 5.93. The predicted molar refractivity (Wildman–Crippen MR) is 127 cm³/mol. The third-order valence-corrected chi connectivity index (χ3v) is 8.94. The zero-order valence-corrected chi connectivity index (χ0v) is 21.5. The van der Waals surface area contributed by atoms with Gasteiger partial charge in [0.15, 0.2) is 5.69 Å². The van der Waals surface area contributed by atoms with Gasteiger partial charge in [0.05, 0.1) is 10.8 Å². The summed E-state index contributed by atoms with van der Waals surface area (Å²) in [7, 11) is -1.56. The van der Waals surface area contributed by atoms with Crippen molar-refractivity contribution in [3.63, 3.8) is 0 Å². The van der Waals surface area contributed by atoms with Crippen LogP contribution in [0.15, 0.2) is 24.4 Å². The standard InChI is InChI=1S/C24H24F4N4OS2/c1-6-31-11-15(22(30-31)24(26,27)28)20-14(8-7-9-16(20)25)21-19-13(2)17(10-29)34-18(19)12-32(21)35(33)23(3,4)5/h7-9,11,21H,6,12H2,1-5H3/t21-,35+/m0/s1. The summed E-state index contributed by atoms with van der Waals surface area (Å²) in [6, 6.07) is 5.49. The molecule has 1 aromatic carbocycles. The van der Waals surface area contributed by atoms with Gasteiger partial charge in [0.25, 0.3) is 0 Å². The van der Waals surface area contributed by atoms with Gasteiger partial charge in [0.2, 0.25) is 0 Å². The average Bonchev–Trinajstić information content (AvgIpc) is 3.44. The molecule has 0 N–H and O–H groups in total. The van der Waals surface area contributed by atoms with Crippen LogP contribution in [0.3, 0.4) is 0 Å². The minimum Gasteiger partial charge on any atom is -0.272 e. The number of thiophene rings is 1. The lowest BCUT2D eigenvalue weighted by Gasteiger charge is -2.32. The Kier molecular flexibility index (Phi) is 6.45. The van der Waals surface area contributed by atoms with Gasteiger partial charge in [0, 0.05) is 35.3 Å². The van der Waals surface area contributed by atoms with Crippen molar-refractivity contribution in [2.24, 2.45) is 0 Å². The fourth-order valence-electron chi connectivity index (χ4n) is 4.39. The molecule has 0 amide bonds. The van der Waals surface area contributed by atoms with Crippen molar-refractivity contribution >= 4 is 22.3 Å². The van der Waals surface area contributed by atoms with Crippen molar-refractivity contribution in [1.29, 1.82) is 5.26 Å². The molecule has 35 heavy (non-hydrogen) atoms. The van der Waals surface area contributed by atoms with E-state index in [9.17, 15) is 22.6 Å². The van der Waals surface area contributed by atoms with Gasteiger partial charge in [-0.2, -0.15) is 23.5 Å². The summed E-state index contributed by atoms with van der Waals surface area (Å²) in [6.07, 6.45) is -3.59. The Morgan fingerprint density at radius 2 is 1.97 bits per heavy atom. The molecule has 11 heteroatoms. The molecule has 3 heterocycles. The Balaban J connectivity index is 2.03. The topological polar surface area (TPSA) is 61.9 Å². The lowest BCUT2D eigenvalue weighted by molar-refractivity contribution is -0.141. The number of halogens is 4. The van der Waals surface area contributed by atoms with Crippen LogP contribution < -0.4 is 0 Å². The third kappa shape index (κ3) is 4.32. The Labute approximate surface area is 207 Å². The van der Waals surface area contributed by atoms with Crippen LogP contribution in [0.4, 0.5) is 17.6 Å². The second kappa shape index (κ2) is 8.84. The zero-order valence-electron chi connectivity index (χ0n) is 19.8. The van der Waals surface area contributed by atoms with E-state index in [2.05, 4.69) is 11.2 Å². The highest BCUT2D eigenvalue weighted by Crippen LogP contribution is 2.50. The molecule has 0 unspecified atom stereocenters.